The van der Waals surface area contributed by atoms with Gasteiger partial charge in [-0.05, 0) is 31.6 Å². The zero-order valence-electron chi connectivity index (χ0n) is 40.1. The van der Waals surface area contributed by atoms with E-state index in [1.807, 2.05) is 0 Å². The lowest BCUT2D eigenvalue weighted by Crippen LogP contribution is -2.29. The molecule has 0 aliphatic heterocycles. The first-order valence-electron chi connectivity index (χ1n) is 26.5. The molecule has 0 aromatic heterocycles. The maximum absolute atomic E-state index is 13.1. The molecule has 0 aliphatic rings. The van der Waals surface area contributed by atoms with Crippen molar-refractivity contribution in [2.75, 3.05) is 0 Å². The summed E-state index contributed by atoms with van der Waals surface area (Å²) in [4.78, 5) is 38.9. The number of hydrogen-bond acceptors (Lipinski definition) is 5. The van der Waals surface area contributed by atoms with Crippen molar-refractivity contribution in [2.45, 2.75) is 307 Å². The second-order valence-corrected chi connectivity index (χ2v) is 21.3. The monoisotopic (exact) mass is 867 g/mol. The van der Waals surface area contributed by atoms with Gasteiger partial charge in [-0.25, -0.2) is 4.79 Å². The third-order valence-corrected chi connectivity index (χ3v) is 14.7. The third kappa shape index (κ3) is 41.9. The van der Waals surface area contributed by atoms with Crippen LogP contribution < -0.4 is 0 Å². The molecule has 0 heterocycles. The zero-order chi connectivity index (χ0) is 44.0. The van der Waals surface area contributed by atoms with Crippen LogP contribution in [0.25, 0.3) is 0 Å². The smallest absolute Gasteiger partial charge is 0.344 e. The summed E-state index contributed by atoms with van der Waals surface area (Å²) in [7, 11) is 0.725. The molecule has 7 nitrogen and oxygen atoms in total. The van der Waals surface area contributed by atoms with E-state index in [2.05, 4.69) is 11.8 Å². The summed E-state index contributed by atoms with van der Waals surface area (Å²) in [5.74, 6) is -1.18. The molecule has 0 rings (SSSR count). The second-order valence-electron chi connectivity index (χ2n) is 19.4. The van der Waals surface area contributed by atoms with Crippen LogP contribution in [0.4, 0.5) is 0 Å². The maximum Gasteiger partial charge on any atom is 0.344 e. The van der Waals surface area contributed by atoms with E-state index in [-0.39, 0.29) is 5.97 Å². The molecule has 8 heteroatoms. The number of hydrogen-bond donors (Lipinski definition) is 3. The molecule has 0 aromatic rings. The van der Waals surface area contributed by atoms with Crippen molar-refractivity contribution >= 4 is 28.2 Å². The molecule has 0 saturated carbocycles. The predicted octanol–water partition coefficient (Wildman–Crippen LogP) is 16.3. The summed E-state index contributed by atoms with van der Waals surface area (Å²) in [5, 5.41) is 26.6. The lowest BCUT2D eigenvalue weighted by Gasteiger charge is -2.30. The average Bonchev–Trinajstić information content (AvgIpc) is 3.23. The first kappa shape index (κ1) is 58.6. The summed E-state index contributed by atoms with van der Waals surface area (Å²) in [6.07, 6.45) is 55.2. The Balaban J connectivity index is 4.49. The number of unbranched alkanes of at least 4 members (excludes halogenated alkanes) is 37. The Morgan fingerprint density at radius 3 is 0.933 bits per heavy atom. The second kappa shape index (κ2) is 45.6. The van der Waals surface area contributed by atoms with Gasteiger partial charge in [0.25, 0.3) is 0 Å². The summed E-state index contributed by atoms with van der Waals surface area (Å²) >= 11 is 0. The Bertz CT molecular complexity index is 945. The van der Waals surface area contributed by atoms with Gasteiger partial charge in [-0.2, -0.15) is 5.26 Å². The molecular weight excluding hydrogens is 765 g/mol. The van der Waals surface area contributed by atoms with E-state index in [4.69, 9.17) is 10.2 Å². The fourth-order valence-corrected chi connectivity index (χ4v) is 10.4. The lowest BCUT2D eigenvalue weighted by atomic mass is 9.83. The van der Waals surface area contributed by atoms with E-state index in [1.165, 1.54) is 231 Å². The SMILES string of the molecule is CCCCCCCCCCCCCCC(CCCCCCCCCCCCCCCC(=O)O)CC([SiH3])(CCCCCCCCCCCCCCCCCC(=O)O)C(=O)OO. The van der Waals surface area contributed by atoms with Crippen LogP contribution in [0.1, 0.15) is 302 Å². The van der Waals surface area contributed by atoms with Gasteiger partial charge in [0.2, 0.25) is 0 Å². The first-order valence-corrected chi connectivity index (χ1v) is 27.5. The largest absolute Gasteiger partial charge is 0.481 e. The van der Waals surface area contributed by atoms with Gasteiger partial charge in [-0.1, -0.05) is 264 Å². The van der Waals surface area contributed by atoms with Gasteiger partial charge in [0, 0.05) is 23.1 Å². The molecule has 2 unspecified atom stereocenters. The molecular formula is C52H102O7Si. The van der Waals surface area contributed by atoms with E-state index in [0.29, 0.717) is 18.8 Å². The van der Waals surface area contributed by atoms with Gasteiger partial charge in [-0.15, -0.1) is 0 Å². The van der Waals surface area contributed by atoms with Gasteiger partial charge in [-0.3, -0.25) is 9.59 Å². The fourth-order valence-electron chi connectivity index (χ4n) is 9.40. The Morgan fingerprint density at radius 1 is 0.417 bits per heavy atom. The van der Waals surface area contributed by atoms with Crippen LogP contribution in [-0.4, -0.2) is 43.6 Å². The van der Waals surface area contributed by atoms with E-state index in [9.17, 15) is 19.6 Å². The quantitative estimate of drug-likeness (QED) is 0.0241. The highest BCUT2D eigenvalue weighted by Gasteiger charge is 2.37. The zero-order valence-corrected chi connectivity index (χ0v) is 42.1. The lowest BCUT2D eigenvalue weighted by molar-refractivity contribution is -0.238. The van der Waals surface area contributed by atoms with Crippen molar-refractivity contribution in [1.29, 1.82) is 0 Å². The predicted molar refractivity (Wildman–Crippen MR) is 258 cm³/mol. The van der Waals surface area contributed by atoms with Crippen molar-refractivity contribution in [3.05, 3.63) is 0 Å². The topological polar surface area (TPSA) is 121 Å². The molecule has 0 bridgehead atoms. The summed E-state index contributed by atoms with van der Waals surface area (Å²) in [6.45, 7) is 2.29. The van der Waals surface area contributed by atoms with Crippen molar-refractivity contribution in [3.63, 3.8) is 0 Å². The standard InChI is InChI=1S/C52H102O7Si/c1-2-3-4-5-6-7-8-17-22-27-32-37-42-48(43-38-33-28-23-18-13-12-15-20-25-30-35-40-45-50(55)56)47-52(60,51(57)59-58)46-41-36-31-26-21-16-11-9-10-14-19-24-29-34-39-44-49(53)54/h48,58H,2-47H2,1,60H3,(H,53,54)(H,55,56). The molecule has 3 N–H and O–H groups in total. The van der Waals surface area contributed by atoms with Crippen LogP contribution >= 0.6 is 0 Å². The van der Waals surface area contributed by atoms with Gasteiger partial charge in [0.1, 0.15) is 0 Å². The summed E-state index contributed by atoms with van der Waals surface area (Å²) in [5.41, 5.74) is 0. The van der Waals surface area contributed by atoms with Crippen molar-refractivity contribution < 1.29 is 34.7 Å². The van der Waals surface area contributed by atoms with Crippen LogP contribution in [0.5, 0.6) is 0 Å². The van der Waals surface area contributed by atoms with Crippen LogP contribution in [0.3, 0.4) is 0 Å². The first-order chi connectivity index (χ1) is 29.2. The van der Waals surface area contributed by atoms with E-state index < -0.39 is 17.0 Å². The number of carbonyl (C=O) groups is 3. The molecule has 0 amide bonds. The van der Waals surface area contributed by atoms with Crippen LogP contribution in [0, 0.1) is 5.92 Å². The minimum absolute atomic E-state index is 0.311. The number of aliphatic carboxylic acids is 2. The number of rotatable bonds is 50. The Hall–Kier alpha value is -1.41. The maximum atomic E-state index is 13.1. The third-order valence-electron chi connectivity index (χ3n) is 13.4. The molecule has 0 aliphatic carbocycles. The Kier molecular flexibility index (Phi) is 44.5. The Morgan fingerprint density at radius 2 is 0.667 bits per heavy atom. The molecule has 60 heavy (non-hydrogen) atoms. The normalized spacial score (nSPS) is 13.1. The molecule has 0 spiro atoms. The minimum atomic E-state index is -0.675. The fraction of sp³-hybridized carbons (Fsp3) is 0.942. The van der Waals surface area contributed by atoms with E-state index in [0.717, 1.165) is 61.6 Å². The summed E-state index contributed by atoms with van der Waals surface area (Å²) < 4.78 is 0. The number of carbonyl (C=O) groups excluding carboxylic acids is 1. The molecule has 356 valence electrons. The van der Waals surface area contributed by atoms with Gasteiger partial charge in [0.15, 0.2) is 0 Å². The van der Waals surface area contributed by atoms with Gasteiger partial charge in [0.05, 0.1) is 5.04 Å². The highest BCUT2D eigenvalue weighted by atomic mass is 28.1. The average molecular weight is 867 g/mol. The van der Waals surface area contributed by atoms with Crippen molar-refractivity contribution in [3.8, 4) is 0 Å². The van der Waals surface area contributed by atoms with Crippen LogP contribution in [-0.2, 0) is 19.3 Å². The van der Waals surface area contributed by atoms with E-state index in [1.54, 1.807) is 0 Å². The molecule has 0 saturated heterocycles. The summed E-state index contributed by atoms with van der Waals surface area (Å²) in [6, 6.07) is 0. The number of carboxylic acids is 2. The highest BCUT2D eigenvalue weighted by Crippen LogP contribution is 2.41. The molecule has 2 atom stereocenters. The number of carboxylic acid groups (broad SMARTS) is 2. The van der Waals surface area contributed by atoms with Crippen molar-refractivity contribution in [1.82, 2.24) is 0 Å². The van der Waals surface area contributed by atoms with Crippen molar-refractivity contribution in [2.24, 2.45) is 5.92 Å². The van der Waals surface area contributed by atoms with Gasteiger partial charge >= 0.3 is 17.9 Å². The van der Waals surface area contributed by atoms with Crippen LogP contribution in [0.15, 0.2) is 0 Å². The van der Waals surface area contributed by atoms with Gasteiger partial charge < -0.3 is 15.1 Å². The minimum Gasteiger partial charge on any atom is -0.481 e. The molecule has 0 radical (unpaired) electrons. The highest BCUT2D eigenvalue weighted by molar-refractivity contribution is 6.26. The Labute approximate surface area is 374 Å². The van der Waals surface area contributed by atoms with Crippen LogP contribution in [0.2, 0.25) is 5.04 Å². The molecule has 0 fully saturated rings. The molecule has 0 aromatic carbocycles. The van der Waals surface area contributed by atoms with E-state index >= 15 is 0 Å².